The maximum Gasteiger partial charge on any atom is 0.338 e. The number of likely N-dealkylation sites (tertiary alicyclic amines) is 1. The smallest absolute Gasteiger partial charge is 0.338 e. The number of amides is 1. The fourth-order valence-corrected chi connectivity index (χ4v) is 5.42. The van der Waals surface area contributed by atoms with Gasteiger partial charge in [-0.25, -0.2) is 9.79 Å². The summed E-state index contributed by atoms with van der Waals surface area (Å²) in [5.74, 6) is 0.125. The molecule has 1 amide bonds. The number of esters is 1. The molecule has 6 nitrogen and oxygen atoms in total. The molecule has 33 heavy (non-hydrogen) atoms. The van der Waals surface area contributed by atoms with E-state index in [-0.39, 0.29) is 12.5 Å². The normalized spacial score (nSPS) is 20.1. The first-order valence-corrected chi connectivity index (χ1v) is 12.4. The number of benzene rings is 1. The second-order valence-corrected chi connectivity index (χ2v) is 9.70. The van der Waals surface area contributed by atoms with Crippen LogP contribution >= 0.6 is 11.8 Å². The summed E-state index contributed by atoms with van der Waals surface area (Å²) in [4.78, 5) is 34.8. The van der Waals surface area contributed by atoms with Crippen LogP contribution in [-0.4, -0.2) is 46.5 Å². The van der Waals surface area contributed by atoms with E-state index in [4.69, 9.17) is 9.73 Å². The highest BCUT2D eigenvalue weighted by atomic mass is 32.2. The molecule has 174 valence electrons. The number of hydrogen-bond donors (Lipinski definition) is 0. The molecule has 0 bridgehead atoms. The summed E-state index contributed by atoms with van der Waals surface area (Å²) in [6.45, 7) is 11.6. The van der Waals surface area contributed by atoms with Crippen LogP contribution in [0.15, 0.2) is 64.3 Å². The van der Waals surface area contributed by atoms with E-state index < -0.39 is 12.0 Å². The lowest BCUT2D eigenvalue weighted by Gasteiger charge is -2.36. The van der Waals surface area contributed by atoms with Crippen molar-refractivity contribution >= 4 is 28.8 Å². The lowest BCUT2D eigenvalue weighted by molar-refractivity contribution is -0.138. The van der Waals surface area contributed by atoms with Crippen LogP contribution in [0.2, 0.25) is 0 Å². The van der Waals surface area contributed by atoms with Crippen LogP contribution in [0.4, 0.5) is 0 Å². The predicted octanol–water partition coefficient (Wildman–Crippen LogP) is 5.13. The Labute approximate surface area is 200 Å². The van der Waals surface area contributed by atoms with Crippen LogP contribution in [0.25, 0.3) is 0 Å². The van der Waals surface area contributed by atoms with Crippen LogP contribution in [-0.2, 0) is 14.3 Å². The van der Waals surface area contributed by atoms with Gasteiger partial charge < -0.3 is 14.5 Å². The fourth-order valence-electron chi connectivity index (χ4n) is 4.46. The van der Waals surface area contributed by atoms with Gasteiger partial charge >= 0.3 is 5.97 Å². The first kappa shape index (κ1) is 23.4. The van der Waals surface area contributed by atoms with Crippen molar-refractivity contribution in [3.05, 3.63) is 70.4 Å². The summed E-state index contributed by atoms with van der Waals surface area (Å²) >= 11 is 1.50. The summed E-state index contributed by atoms with van der Waals surface area (Å²) in [6, 6.07) is 7.95. The first-order chi connectivity index (χ1) is 15.9. The quantitative estimate of drug-likeness (QED) is 0.413. The van der Waals surface area contributed by atoms with Gasteiger partial charge in [0.05, 0.1) is 23.7 Å². The van der Waals surface area contributed by atoms with Crippen LogP contribution in [0, 0.1) is 0 Å². The average Bonchev–Trinajstić information content (AvgIpc) is 3.47. The SMILES string of the molecule is C=CCOC(=O)C1=C(C)N=C2SC=C(CC(=O)N3CCCC3)N2C1c1ccc(C(C)C)cc1. The minimum absolute atomic E-state index is 0.122. The molecule has 0 radical (unpaired) electrons. The standard InChI is InChI=1S/C26H31N3O3S/c1-5-14-32-25(31)23-18(4)27-26-29(24(23)20-10-8-19(9-11-20)17(2)3)21(16-33-26)15-22(30)28-12-6-7-13-28/h5,8-11,16-17,24H,1,6-7,12-15H2,2-4H3. The minimum Gasteiger partial charge on any atom is -0.458 e. The number of allylic oxidation sites excluding steroid dienone is 1. The minimum atomic E-state index is -0.407. The summed E-state index contributed by atoms with van der Waals surface area (Å²) in [5, 5.41) is 2.78. The summed E-state index contributed by atoms with van der Waals surface area (Å²) in [7, 11) is 0. The summed E-state index contributed by atoms with van der Waals surface area (Å²) in [5.41, 5.74) is 4.21. The Morgan fingerprint density at radius 2 is 1.94 bits per heavy atom. The molecule has 0 aliphatic carbocycles. The number of thioether (sulfide) groups is 1. The molecule has 1 aromatic carbocycles. The van der Waals surface area contributed by atoms with Crippen molar-refractivity contribution in [3.8, 4) is 0 Å². The molecule has 0 aromatic heterocycles. The summed E-state index contributed by atoms with van der Waals surface area (Å²) in [6.07, 6.45) is 3.97. The van der Waals surface area contributed by atoms with Gasteiger partial charge in [0.25, 0.3) is 0 Å². The number of amidine groups is 1. The molecule has 4 rings (SSSR count). The maximum absolute atomic E-state index is 13.1. The number of nitrogens with zero attached hydrogens (tertiary/aromatic N) is 3. The Hall–Kier alpha value is -2.80. The molecule has 1 fully saturated rings. The molecule has 1 atom stereocenters. The Bertz CT molecular complexity index is 1030. The molecule has 0 saturated carbocycles. The van der Waals surface area contributed by atoms with Crippen molar-refractivity contribution in [1.29, 1.82) is 0 Å². The number of fused-ring (bicyclic) bond motifs is 1. The van der Waals surface area contributed by atoms with Crippen LogP contribution in [0.5, 0.6) is 0 Å². The van der Waals surface area contributed by atoms with Crippen LogP contribution in [0.3, 0.4) is 0 Å². The zero-order chi connectivity index (χ0) is 23.5. The zero-order valence-corrected chi connectivity index (χ0v) is 20.4. The molecular formula is C26H31N3O3S. The van der Waals surface area contributed by atoms with Gasteiger partial charge in [-0.3, -0.25) is 4.79 Å². The van der Waals surface area contributed by atoms with Gasteiger partial charge in [0.1, 0.15) is 6.61 Å². The molecule has 0 N–H and O–H groups in total. The van der Waals surface area contributed by atoms with E-state index >= 15 is 0 Å². The molecule has 3 aliphatic heterocycles. The number of carbonyl (C=O) groups is 2. The molecule has 1 saturated heterocycles. The molecular weight excluding hydrogens is 434 g/mol. The first-order valence-electron chi connectivity index (χ1n) is 11.5. The Kier molecular flexibility index (Phi) is 7.08. The van der Waals surface area contributed by atoms with Gasteiger partial charge in [0, 0.05) is 18.8 Å². The van der Waals surface area contributed by atoms with Crippen molar-refractivity contribution in [2.24, 2.45) is 4.99 Å². The Balaban J connectivity index is 1.71. The van der Waals surface area contributed by atoms with E-state index in [1.165, 1.54) is 17.3 Å². The van der Waals surface area contributed by atoms with Gasteiger partial charge in [-0.05, 0) is 42.2 Å². The second kappa shape index (κ2) is 10.00. The van der Waals surface area contributed by atoms with Crippen LogP contribution < -0.4 is 0 Å². The lowest BCUT2D eigenvalue weighted by atomic mass is 9.92. The van der Waals surface area contributed by atoms with E-state index in [9.17, 15) is 9.59 Å². The molecule has 3 heterocycles. The maximum atomic E-state index is 13.1. The number of hydrogen-bond acceptors (Lipinski definition) is 6. The number of aliphatic imine (C=N–C) groups is 1. The van der Waals surface area contributed by atoms with Gasteiger partial charge in [-0.2, -0.15) is 0 Å². The molecule has 3 aliphatic rings. The molecule has 1 aromatic rings. The highest BCUT2D eigenvalue weighted by Gasteiger charge is 2.41. The van der Waals surface area contributed by atoms with Gasteiger partial charge in [0.2, 0.25) is 5.91 Å². The molecule has 7 heteroatoms. The predicted molar refractivity (Wildman–Crippen MR) is 133 cm³/mol. The zero-order valence-electron chi connectivity index (χ0n) is 19.5. The van der Waals surface area contributed by atoms with Crippen molar-refractivity contribution in [2.45, 2.75) is 52.0 Å². The van der Waals surface area contributed by atoms with Crippen molar-refractivity contribution < 1.29 is 14.3 Å². The van der Waals surface area contributed by atoms with Gasteiger partial charge in [-0.1, -0.05) is 62.5 Å². The van der Waals surface area contributed by atoms with Crippen molar-refractivity contribution in [1.82, 2.24) is 9.80 Å². The number of rotatable bonds is 7. The highest BCUT2D eigenvalue weighted by molar-refractivity contribution is 8.16. The lowest BCUT2D eigenvalue weighted by Crippen LogP contribution is -2.38. The number of ether oxygens (including phenoxy) is 1. The molecule has 0 spiro atoms. The van der Waals surface area contributed by atoms with Crippen molar-refractivity contribution in [2.75, 3.05) is 19.7 Å². The third kappa shape index (κ3) is 4.78. The topological polar surface area (TPSA) is 62.2 Å². The van der Waals surface area contributed by atoms with E-state index in [1.807, 2.05) is 22.1 Å². The average molecular weight is 466 g/mol. The monoisotopic (exact) mass is 465 g/mol. The van der Waals surface area contributed by atoms with Crippen LogP contribution in [0.1, 0.15) is 63.1 Å². The van der Waals surface area contributed by atoms with Gasteiger partial charge in [0.15, 0.2) is 5.17 Å². The third-order valence-electron chi connectivity index (χ3n) is 6.26. The van der Waals surface area contributed by atoms with Gasteiger partial charge in [-0.15, -0.1) is 0 Å². The number of carbonyl (C=O) groups excluding carboxylic acids is 2. The van der Waals surface area contributed by atoms with E-state index in [0.29, 0.717) is 23.6 Å². The second-order valence-electron chi connectivity index (χ2n) is 8.87. The van der Waals surface area contributed by atoms with Crippen molar-refractivity contribution in [3.63, 3.8) is 0 Å². The largest absolute Gasteiger partial charge is 0.458 e. The summed E-state index contributed by atoms with van der Waals surface area (Å²) < 4.78 is 5.45. The fraction of sp³-hybridized carbons (Fsp3) is 0.423. The molecule has 1 unspecified atom stereocenters. The Morgan fingerprint density at radius 1 is 1.24 bits per heavy atom. The van der Waals surface area contributed by atoms with E-state index in [0.717, 1.165) is 42.4 Å². The Morgan fingerprint density at radius 3 is 2.58 bits per heavy atom. The van der Waals surface area contributed by atoms with E-state index in [2.05, 4.69) is 44.7 Å². The highest BCUT2D eigenvalue weighted by Crippen LogP contribution is 2.45. The third-order valence-corrected chi connectivity index (χ3v) is 7.15. The van der Waals surface area contributed by atoms with E-state index in [1.54, 1.807) is 6.08 Å².